The van der Waals surface area contributed by atoms with Gasteiger partial charge >= 0.3 is 6.03 Å². The molecule has 0 aliphatic heterocycles. The molecular weight excluding hydrogens is 114 g/mol. The van der Waals surface area contributed by atoms with Gasteiger partial charge in [-0.05, 0) is 12.8 Å². The van der Waals surface area contributed by atoms with Crippen LogP contribution in [0.3, 0.4) is 0 Å². The highest BCUT2D eigenvalue weighted by Gasteiger charge is 1.96. The van der Waals surface area contributed by atoms with Crippen molar-refractivity contribution in [2.45, 2.75) is 0 Å². The topological polar surface area (TPSA) is 58.4 Å². The lowest BCUT2D eigenvalue weighted by Crippen LogP contribution is -2.35. The van der Waals surface area contributed by atoms with Crippen molar-refractivity contribution in [2.24, 2.45) is 5.84 Å². The highest BCUT2D eigenvalue weighted by molar-refractivity contribution is 7.78. The lowest BCUT2D eigenvalue weighted by Gasteiger charge is -2.04. The quantitative estimate of drug-likeness (QED) is 0.172. The van der Waals surface area contributed by atoms with Crippen LogP contribution in [0.5, 0.6) is 0 Å². The monoisotopic (exact) mass is 121 g/mol. The number of hydrogen-bond donors (Lipinski definition) is 3. The van der Waals surface area contributed by atoms with Crippen LogP contribution in [0.1, 0.15) is 0 Å². The van der Waals surface area contributed by atoms with Crippen LogP contribution < -0.4 is 11.2 Å². The van der Waals surface area contributed by atoms with E-state index in [0.29, 0.717) is 4.41 Å². The van der Waals surface area contributed by atoms with Crippen LogP contribution in [0.15, 0.2) is 0 Å². The normalized spacial score (nSPS) is 7.86. The molecule has 0 aliphatic carbocycles. The van der Waals surface area contributed by atoms with Crippen LogP contribution in [-0.2, 0) is 0 Å². The third kappa shape index (κ3) is 2.30. The van der Waals surface area contributed by atoms with Crippen LogP contribution in [0.25, 0.3) is 0 Å². The van der Waals surface area contributed by atoms with Crippen LogP contribution >= 0.6 is 12.8 Å². The summed E-state index contributed by atoms with van der Waals surface area (Å²) >= 11 is 3.47. The van der Waals surface area contributed by atoms with Gasteiger partial charge in [0, 0.05) is 7.05 Å². The number of carbonyl (C=O) groups is 1. The Bertz CT molecular complexity index is 73.3. The zero-order chi connectivity index (χ0) is 5.86. The predicted molar refractivity (Wildman–Crippen MR) is 29.5 cm³/mol. The molecule has 0 unspecified atom stereocenters. The van der Waals surface area contributed by atoms with Gasteiger partial charge in [-0.1, -0.05) is 0 Å². The molecule has 7 heavy (non-hydrogen) atoms. The summed E-state index contributed by atoms with van der Waals surface area (Å²) in [4.78, 5) is 10.1. The fourth-order valence-electron chi connectivity index (χ4n) is 0.115. The first-order valence-corrected chi connectivity index (χ1v) is 2.04. The fourth-order valence-corrected chi connectivity index (χ4v) is 0.215. The van der Waals surface area contributed by atoms with E-state index >= 15 is 0 Å². The Balaban J connectivity index is 3.35. The molecule has 0 rings (SSSR count). The molecule has 4 nitrogen and oxygen atoms in total. The smallest absolute Gasteiger partial charge is 0.339 e. The summed E-state index contributed by atoms with van der Waals surface area (Å²) in [5.41, 5.74) is 0. The Morgan fingerprint density at radius 3 is 2.43 bits per heavy atom. The van der Waals surface area contributed by atoms with Crippen molar-refractivity contribution in [3.63, 3.8) is 0 Å². The molecule has 0 fully saturated rings. The molecule has 0 saturated heterocycles. The maximum Gasteiger partial charge on any atom is 0.341 e. The number of amides is 2. The summed E-state index contributed by atoms with van der Waals surface area (Å²) in [6.45, 7) is 0. The summed E-state index contributed by atoms with van der Waals surface area (Å²) in [7, 11) is 1.47. The summed E-state index contributed by atoms with van der Waals surface area (Å²) in [6.07, 6.45) is 0. The number of hydrogen-bond acceptors (Lipinski definition) is 3. The minimum atomic E-state index is -0.427. The molecule has 0 aromatic rings. The maximum absolute atomic E-state index is 10.1. The molecule has 0 spiro atoms. The zero-order valence-electron chi connectivity index (χ0n) is 3.88. The second-order valence-corrected chi connectivity index (χ2v) is 1.33. The van der Waals surface area contributed by atoms with Gasteiger partial charge in [0.1, 0.15) is 0 Å². The van der Waals surface area contributed by atoms with Gasteiger partial charge in [0.05, 0.1) is 0 Å². The van der Waals surface area contributed by atoms with Crippen molar-refractivity contribution in [2.75, 3.05) is 7.05 Å². The summed E-state index contributed by atoms with van der Waals surface area (Å²) in [5.74, 6) is 4.83. The largest absolute Gasteiger partial charge is 0.341 e. The zero-order valence-corrected chi connectivity index (χ0v) is 4.77. The van der Waals surface area contributed by atoms with Crippen LogP contribution in [0, 0.1) is 0 Å². The van der Waals surface area contributed by atoms with Crippen LogP contribution in [0.4, 0.5) is 4.79 Å². The molecule has 0 radical (unpaired) electrons. The molecule has 0 saturated carbocycles. The number of thiol groups is 1. The molecule has 3 N–H and O–H groups in total. The van der Waals surface area contributed by atoms with E-state index in [1.54, 1.807) is 0 Å². The molecule has 0 heterocycles. The minimum Gasteiger partial charge on any atom is -0.339 e. The Labute approximate surface area is 47.2 Å². The highest BCUT2D eigenvalue weighted by Crippen LogP contribution is 1.78. The third-order valence-corrected chi connectivity index (χ3v) is 0.604. The standard InChI is InChI=1S/C2H7N3OS/c1-4-2(6)5(3)7/h7H,3H2,1H3,(H,4,6). The van der Waals surface area contributed by atoms with Crippen molar-refractivity contribution >= 4 is 18.8 Å². The van der Waals surface area contributed by atoms with E-state index in [1.807, 2.05) is 0 Å². The summed E-state index contributed by atoms with van der Waals surface area (Å²) < 4.78 is 0.667. The number of nitrogens with zero attached hydrogens (tertiary/aromatic N) is 1. The van der Waals surface area contributed by atoms with Gasteiger partial charge < -0.3 is 5.32 Å². The minimum absolute atomic E-state index is 0.427. The SMILES string of the molecule is CNC(=O)N(N)S. The van der Waals surface area contributed by atoms with Gasteiger partial charge in [-0.15, -0.1) is 0 Å². The van der Waals surface area contributed by atoms with Crippen LogP contribution in [-0.4, -0.2) is 17.5 Å². The molecule has 0 atom stereocenters. The second kappa shape index (κ2) is 2.70. The maximum atomic E-state index is 10.1. The van der Waals surface area contributed by atoms with E-state index < -0.39 is 6.03 Å². The van der Waals surface area contributed by atoms with Crippen LogP contribution in [0.2, 0.25) is 0 Å². The number of nitrogens with two attached hydrogens (primary N) is 1. The first kappa shape index (κ1) is 6.58. The molecule has 5 heteroatoms. The molecule has 0 aromatic heterocycles. The highest BCUT2D eigenvalue weighted by atomic mass is 32.1. The number of urea groups is 1. The van der Waals surface area contributed by atoms with Gasteiger partial charge in [0.15, 0.2) is 0 Å². The van der Waals surface area contributed by atoms with Crippen molar-refractivity contribution in [3.8, 4) is 0 Å². The van der Waals surface area contributed by atoms with Gasteiger partial charge in [0.2, 0.25) is 0 Å². The van der Waals surface area contributed by atoms with E-state index in [4.69, 9.17) is 5.84 Å². The third-order valence-electron chi connectivity index (χ3n) is 0.422. The van der Waals surface area contributed by atoms with Crippen molar-refractivity contribution in [1.82, 2.24) is 9.73 Å². The first-order chi connectivity index (χ1) is 3.18. The summed E-state index contributed by atoms with van der Waals surface area (Å²) in [6, 6.07) is -0.427. The predicted octanol–water partition coefficient (Wildman–Crippen LogP) is -0.654. The molecular formula is C2H7N3OS. The van der Waals surface area contributed by atoms with E-state index in [1.165, 1.54) is 7.05 Å². The Morgan fingerprint density at radius 1 is 2.00 bits per heavy atom. The molecule has 0 aromatic carbocycles. The lowest BCUT2D eigenvalue weighted by atomic mass is 11.0. The number of hydrazine groups is 1. The second-order valence-electron chi connectivity index (χ2n) is 0.900. The van der Waals surface area contributed by atoms with E-state index in [2.05, 4.69) is 18.1 Å². The Kier molecular flexibility index (Phi) is 2.54. The van der Waals surface area contributed by atoms with Gasteiger partial charge in [-0.25, -0.2) is 15.1 Å². The number of nitrogens with one attached hydrogen (secondary N) is 1. The number of rotatable bonds is 0. The molecule has 2 amide bonds. The lowest BCUT2D eigenvalue weighted by molar-refractivity contribution is 0.229. The van der Waals surface area contributed by atoms with Crippen molar-refractivity contribution < 1.29 is 4.79 Å². The molecule has 0 aliphatic rings. The fraction of sp³-hybridized carbons (Fsp3) is 0.500. The van der Waals surface area contributed by atoms with E-state index in [0.717, 1.165) is 0 Å². The molecule has 42 valence electrons. The molecule has 0 bridgehead atoms. The van der Waals surface area contributed by atoms with E-state index in [-0.39, 0.29) is 0 Å². The van der Waals surface area contributed by atoms with Crippen molar-refractivity contribution in [1.29, 1.82) is 0 Å². The summed E-state index contributed by atoms with van der Waals surface area (Å²) in [5, 5.41) is 2.25. The van der Waals surface area contributed by atoms with Crippen molar-refractivity contribution in [3.05, 3.63) is 0 Å². The van der Waals surface area contributed by atoms with Gasteiger partial charge in [-0.3, -0.25) is 0 Å². The van der Waals surface area contributed by atoms with Gasteiger partial charge in [-0.2, -0.15) is 0 Å². The van der Waals surface area contributed by atoms with Gasteiger partial charge in [0.25, 0.3) is 0 Å². The first-order valence-electron chi connectivity index (χ1n) is 1.64. The van der Waals surface area contributed by atoms with E-state index in [9.17, 15) is 4.79 Å². The average molecular weight is 121 g/mol. The Morgan fingerprint density at radius 2 is 2.43 bits per heavy atom. The number of carbonyl (C=O) groups excluding carboxylic acids is 1. The Hall–Kier alpha value is -0.420. The average Bonchev–Trinajstić information content (AvgIpc) is 1.65.